The van der Waals surface area contributed by atoms with Crippen molar-refractivity contribution in [2.24, 2.45) is 5.41 Å². The number of hydrogen-bond donors (Lipinski definition) is 2. The first-order chi connectivity index (χ1) is 9.37. The van der Waals surface area contributed by atoms with Crippen LogP contribution in [-0.2, 0) is 10.0 Å². The predicted octanol–water partition coefficient (Wildman–Crippen LogP) is 2.37. The Labute approximate surface area is 121 Å². The molecule has 0 amide bonds. The van der Waals surface area contributed by atoms with E-state index < -0.39 is 10.0 Å². The maximum Gasteiger partial charge on any atom is 0.260 e. The quantitative estimate of drug-likeness (QED) is 0.875. The molecule has 1 fully saturated rings. The fourth-order valence-corrected chi connectivity index (χ4v) is 4.27. The van der Waals surface area contributed by atoms with Gasteiger partial charge in [-0.3, -0.25) is 0 Å². The standard InChI is InChI=1S/C14H23N3O2S/c1-4-15-11-7-6-10-16-13(11)20(18,19)17-12-8-5-9-14(12,2)3/h6-7,10,12,15,17H,4-5,8-9H2,1-3H3. The van der Waals surface area contributed by atoms with Crippen LogP contribution in [0, 0.1) is 5.41 Å². The van der Waals surface area contributed by atoms with Crippen LogP contribution in [0.15, 0.2) is 23.4 Å². The van der Waals surface area contributed by atoms with Gasteiger partial charge in [0.15, 0.2) is 5.03 Å². The summed E-state index contributed by atoms with van der Waals surface area (Å²) in [6.07, 6.45) is 4.50. The molecule has 0 aliphatic heterocycles. The van der Waals surface area contributed by atoms with Crippen LogP contribution in [-0.4, -0.2) is 26.0 Å². The molecule has 112 valence electrons. The van der Waals surface area contributed by atoms with Crippen molar-refractivity contribution in [2.45, 2.75) is 51.1 Å². The lowest BCUT2D eigenvalue weighted by molar-refractivity contribution is 0.312. The van der Waals surface area contributed by atoms with Gasteiger partial charge in [-0.2, -0.15) is 0 Å². The van der Waals surface area contributed by atoms with E-state index in [4.69, 9.17) is 0 Å². The summed E-state index contributed by atoms with van der Waals surface area (Å²) in [5, 5.41) is 3.13. The normalized spacial score (nSPS) is 21.9. The predicted molar refractivity (Wildman–Crippen MR) is 80.1 cm³/mol. The molecule has 1 aliphatic carbocycles. The van der Waals surface area contributed by atoms with E-state index in [1.54, 1.807) is 12.1 Å². The van der Waals surface area contributed by atoms with Gasteiger partial charge >= 0.3 is 0 Å². The van der Waals surface area contributed by atoms with Crippen LogP contribution in [0.3, 0.4) is 0 Å². The first-order valence-electron chi connectivity index (χ1n) is 7.08. The SMILES string of the molecule is CCNc1cccnc1S(=O)(=O)NC1CCCC1(C)C. The average molecular weight is 297 g/mol. The second-order valence-electron chi connectivity index (χ2n) is 5.94. The summed E-state index contributed by atoms with van der Waals surface area (Å²) in [4.78, 5) is 4.05. The third-order valence-corrected chi connectivity index (χ3v) is 5.38. The van der Waals surface area contributed by atoms with Crippen molar-refractivity contribution >= 4 is 15.7 Å². The largest absolute Gasteiger partial charge is 0.383 e. The number of rotatable bonds is 5. The zero-order chi connectivity index (χ0) is 14.8. The highest BCUT2D eigenvalue weighted by Gasteiger charge is 2.38. The van der Waals surface area contributed by atoms with Crippen molar-refractivity contribution in [2.75, 3.05) is 11.9 Å². The average Bonchev–Trinajstić information content (AvgIpc) is 2.69. The topological polar surface area (TPSA) is 71.1 Å². The van der Waals surface area contributed by atoms with E-state index in [2.05, 4.69) is 28.9 Å². The van der Waals surface area contributed by atoms with Gasteiger partial charge in [0.2, 0.25) is 0 Å². The second-order valence-corrected chi connectivity index (χ2v) is 7.57. The zero-order valence-corrected chi connectivity index (χ0v) is 13.1. The third-order valence-electron chi connectivity index (χ3n) is 3.95. The molecule has 0 saturated heterocycles. The highest BCUT2D eigenvalue weighted by Crippen LogP contribution is 2.38. The number of nitrogens with one attached hydrogen (secondary N) is 2. The van der Waals surface area contributed by atoms with E-state index in [-0.39, 0.29) is 16.5 Å². The number of aromatic nitrogens is 1. The maximum absolute atomic E-state index is 12.6. The first-order valence-corrected chi connectivity index (χ1v) is 8.56. The van der Waals surface area contributed by atoms with Crippen LogP contribution in [0.1, 0.15) is 40.0 Å². The Hall–Kier alpha value is -1.14. The Bertz CT molecular complexity index is 570. The summed E-state index contributed by atoms with van der Waals surface area (Å²) in [6, 6.07) is 3.45. The molecule has 1 aromatic heterocycles. The van der Waals surface area contributed by atoms with Crippen LogP contribution < -0.4 is 10.0 Å². The Morgan fingerprint density at radius 2 is 2.20 bits per heavy atom. The molecule has 1 atom stereocenters. The molecule has 1 saturated carbocycles. The van der Waals surface area contributed by atoms with Gasteiger partial charge in [-0.1, -0.05) is 20.3 Å². The molecule has 1 aromatic rings. The van der Waals surface area contributed by atoms with Crippen LogP contribution in [0.4, 0.5) is 5.69 Å². The van der Waals surface area contributed by atoms with Crippen molar-refractivity contribution in [1.29, 1.82) is 0 Å². The van der Waals surface area contributed by atoms with Crippen LogP contribution >= 0.6 is 0 Å². The van der Waals surface area contributed by atoms with Crippen molar-refractivity contribution in [1.82, 2.24) is 9.71 Å². The zero-order valence-electron chi connectivity index (χ0n) is 12.3. The molecule has 20 heavy (non-hydrogen) atoms. The lowest BCUT2D eigenvalue weighted by Crippen LogP contribution is -2.41. The van der Waals surface area contributed by atoms with E-state index in [1.165, 1.54) is 6.20 Å². The monoisotopic (exact) mass is 297 g/mol. The van der Waals surface area contributed by atoms with E-state index in [0.29, 0.717) is 12.2 Å². The van der Waals surface area contributed by atoms with Crippen LogP contribution in [0.2, 0.25) is 0 Å². The second kappa shape index (κ2) is 5.69. The Morgan fingerprint density at radius 3 is 2.80 bits per heavy atom. The summed E-state index contributed by atoms with van der Waals surface area (Å²) in [5.41, 5.74) is 0.554. The molecule has 1 aliphatic rings. The highest BCUT2D eigenvalue weighted by atomic mass is 32.2. The number of nitrogens with zero attached hydrogens (tertiary/aromatic N) is 1. The number of sulfonamides is 1. The summed E-state index contributed by atoms with van der Waals surface area (Å²) in [7, 11) is -3.59. The maximum atomic E-state index is 12.6. The van der Waals surface area contributed by atoms with Crippen LogP contribution in [0.5, 0.6) is 0 Å². The van der Waals surface area contributed by atoms with E-state index in [0.717, 1.165) is 19.3 Å². The van der Waals surface area contributed by atoms with Gasteiger partial charge in [0.05, 0.1) is 5.69 Å². The van der Waals surface area contributed by atoms with Gasteiger partial charge in [0.1, 0.15) is 0 Å². The van der Waals surface area contributed by atoms with Gasteiger partial charge in [-0.25, -0.2) is 18.1 Å². The van der Waals surface area contributed by atoms with Crippen molar-refractivity contribution in [3.05, 3.63) is 18.3 Å². The lowest BCUT2D eigenvalue weighted by atomic mass is 9.88. The number of hydrogen-bond acceptors (Lipinski definition) is 4. The summed E-state index contributed by atoms with van der Waals surface area (Å²) < 4.78 is 27.9. The highest BCUT2D eigenvalue weighted by molar-refractivity contribution is 7.89. The Kier molecular flexibility index (Phi) is 4.34. The van der Waals surface area contributed by atoms with E-state index in [9.17, 15) is 8.42 Å². The summed E-state index contributed by atoms with van der Waals surface area (Å²) in [5.74, 6) is 0. The molecule has 0 bridgehead atoms. The van der Waals surface area contributed by atoms with Gasteiger partial charge in [0, 0.05) is 18.8 Å². The molecular formula is C14H23N3O2S. The van der Waals surface area contributed by atoms with Gasteiger partial charge in [0.25, 0.3) is 10.0 Å². The molecule has 6 heteroatoms. The first kappa shape index (κ1) is 15.3. The minimum absolute atomic E-state index is 0.000197. The molecule has 1 unspecified atom stereocenters. The number of pyridine rings is 1. The van der Waals surface area contributed by atoms with Crippen molar-refractivity contribution in [3.8, 4) is 0 Å². The van der Waals surface area contributed by atoms with Gasteiger partial charge in [-0.05, 0) is 37.3 Å². The third kappa shape index (κ3) is 3.12. The Morgan fingerprint density at radius 1 is 1.45 bits per heavy atom. The smallest absolute Gasteiger partial charge is 0.260 e. The molecule has 0 radical (unpaired) electrons. The minimum atomic E-state index is -3.59. The van der Waals surface area contributed by atoms with Crippen LogP contribution in [0.25, 0.3) is 0 Å². The van der Waals surface area contributed by atoms with Crippen molar-refractivity contribution in [3.63, 3.8) is 0 Å². The minimum Gasteiger partial charge on any atom is -0.383 e. The fraction of sp³-hybridized carbons (Fsp3) is 0.643. The van der Waals surface area contributed by atoms with Gasteiger partial charge < -0.3 is 5.32 Å². The molecule has 2 rings (SSSR count). The number of anilines is 1. The van der Waals surface area contributed by atoms with Crippen molar-refractivity contribution < 1.29 is 8.42 Å². The van der Waals surface area contributed by atoms with Gasteiger partial charge in [-0.15, -0.1) is 0 Å². The summed E-state index contributed by atoms with van der Waals surface area (Å²) >= 11 is 0. The Balaban J connectivity index is 2.27. The molecular weight excluding hydrogens is 274 g/mol. The summed E-state index contributed by atoms with van der Waals surface area (Å²) in [6.45, 7) is 6.80. The lowest BCUT2D eigenvalue weighted by Gasteiger charge is -2.27. The molecule has 5 nitrogen and oxygen atoms in total. The fourth-order valence-electron chi connectivity index (χ4n) is 2.72. The van der Waals surface area contributed by atoms with E-state index >= 15 is 0 Å². The van der Waals surface area contributed by atoms with E-state index in [1.807, 2.05) is 6.92 Å². The molecule has 1 heterocycles. The molecule has 2 N–H and O–H groups in total. The molecule has 0 spiro atoms. The molecule has 0 aromatic carbocycles.